The van der Waals surface area contributed by atoms with Crippen molar-refractivity contribution >= 4 is 11.6 Å². The van der Waals surface area contributed by atoms with Crippen LogP contribution in [-0.2, 0) is 11.2 Å². The zero-order valence-corrected chi connectivity index (χ0v) is 12.0. The molecule has 0 radical (unpaired) electrons. The maximum absolute atomic E-state index is 13.4. The van der Waals surface area contributed by atoms with Crippen LogP contribution in [0.5, 0.6) is 0 Å². The highest BCUT2D eigenvalue weighted by Gasteiger charge is 2.04. The van der Waals surface area contributed by atoms with Crippen LogP contribution in [0.3, 0.4) is 0 Å². The third-order valence-corrected chi connectivity index (χ3v) is 3.29. The Kier molecular flexibility index (Phi) is 5.32. The van der Waals surface area contributed by atoms with Gasteiger partial charge in [-0.25, -0.2) is 4.39 Å². The van der Waals surface area contributed by atoms with Crippen LogP contribution in [0, 0.1) is 12.7 Å². The summed E-state index contributed by atoms with van der Waals surface area (Å²) >= 11 is 0. The maximum atomic E-state index is 13.4. The van der Waals surface area contributed by atoms with E-state index in [4.69, 9.17) is 0 Å². The maximum Gasteiger partial charge on any atom is 0.239 e. The molecule has 0 heterocycles. The normalized spacial score (nSPS) is 10.2. The van der Waals surface area contributed by atoms with E-state index in [1.54, 1.807) is 18.2 Å². The van der Waals surface area contributed by atoms with Crippen LogP contribution in [0.2, 0.25) is 0 Å². The Morgan fingerprint density at radius 2 is 1.81 bits per heavy atom. The standard InChI is InChI=1S/C17H19FN2O/c1-13-6-2-3-7-14(13)10-11-19-17(21)12-20-16-9-5-4-8-15(16)18/h2-9,20H,10-12H2,1H3,(H,19,21). The van der Waals surface area contributed by atoms with Gasteiger partial charge in [0.25, 0.3) is 0 Å². The van der Waals surface area contributed by atoms with Gasteiger partial charge in [0.2, 0.25) is 5.91 Å². The third-order valence-electron chi connectivity index (χ3n) is 3.29. The summed E-state index contributed by atoms with van der Waals surface area (Å²) in [6, 6.07) is 14.4. The van der Waals surface area contributed by atoms with E-state index < -0.39 is 0 Å². The minimum absolute atomic E-state index is 0.0642. The molecule has 0 atom stereocenters. The fraction of sp³-hybridized carbons (Fsp3) is 0.235. The van der Waals surface area contributed by atoms with Crippen molar-refractivity contribution in [3.05, 3.63) is 65.5 Å². The summed E-state index contributed by atoms with van der Waals surface area (Å²) in [5.41, 5.74) is 2.78. The summed E-state index contributed by atoms with van der Waals surface area (Å²) < 4.78 is 13.4. The molecule has 1 amide bonds. The van der Waals surface area contributed by atoms with E-state index in [0.29, 0.717) is 12.2 Å². The molecule has 2 aromatic rings. The number of hydrogen-bond donors (Lipinski definition) is 2. The molecule has 0 aromatic heterocycles. The number of rotatable bonds is 6. The lowest BCUT2D eigenvalue weighted by Crippen LogP contribution is -2.31. The Labute approximate surface area is 124 Å². The topological polar surface area (TPSA) is 41.1 Å². The molecule has 2 rings (SSSR count). The summed E-state index contributed by atoms with van der Waals surface area (Å²) in [6.45, 7) is 2.69. The van der Waals surface area contributed by atoms with E-state index in [0.717, 1.165) is 6.42 Å². The fourth-order valence-corrected chi connectivity index (χ4v) is 2.07. The molecule has 21 heavy (non-hydrogen) atoms. The van der Waals surface area contributed by atoms with Crippen molar-refractivity contribution in [2.24, 2.45) is 0 Å². The first kappa shape index (κ1) is 15.0. The summed E-state index contributed by atoms with van der Waals surface area (Å²) in [5.74, 6) is -0.503. The van der Waals surface area contributed by atoms with E-state index in [-0.39, 0.29) is 18.3 Å². The third kappa shape index (κ3) is 4.60. The van der Waals surface area contributed by atoms with Gasteiger partial charge in [-0.2, -0.15) is 0 Å². The van der Waals surface area contributed by atoms with Gasteiger partial charge in [0, 0.05) is 6.54 Å². The highest BCUT2D eigenvalue weighted by Crippen LogP contribution is 2.11. The number of anilines is 1. The first-order chi connectivity index (χ1) is 10.2. The van der Waals surface area contributed by atoms with Gasteiger partial charge in [0.05, 0.1) is 12.2 Å². The van der Waals surface area contributed by atoms with E-state index in [2.05, 4.69) is 29.7 Å². The Morgan fingerprint density at radius 3 is 2.57 bits per heavy atom. The fourth-order valence-electron chi connectivity index (χ4n) is 2.07. The lowest BCUT2D eigenvalue weighted by Gasteiger charge is -2.09. The molecule has 3 nitrogen and oxygen atoms in total. The predicted molar refractivity (Wildman–Crippen MR) is 82.8 cm³/mol. The van der Waals surface area contributed by atoms with E-state index in [9.17, 15) is 9.18 Å². The summed E-state index contributed by atoms with van der Waals surface area (Å²) in [6.07, 6.45) is 0.790. The van der Waals surface area contributed by atoms with Crippen molar-refractivity contribution in [2.75, 3.05) is 18.4 Å². The molecule has 110 valence electrons. The SMILES string of the molecule is Cc1ccccc1CCNC(=O)CNc1ccccc1F. The molecule has 0 spiro atoms. The smallest absolute Gasteiger partial charge is 0.239 e. The summed E-state index contributed by atoms with van der Waals surface area (Å²) in [5, 5.41) is 5.61. The van der Waals surface area contributed by atoms with E-state index in [1.807, 2.05) is 12.1 Å². The number of aryl methyl sites for hydroxylation is 1. The highest BCUT2D eigenvalue weighted by molar-refractivity contribution is 5.80. The molecule has 0 aliphatic rings. The van der Waals surface area contributed by atoms with Crippen molar-refractivity contribution in [1.29, 1.82) is 0 Å². The van der Waals surface area contributed by atoms with Crippen LogP contribution < -0.4 is 10.6 Å². The zero-order chi connectivity index (χ0) is 15.1. The zero-order valence-electron chi connectivity index (χ0n) is 12.0. The van der Waals surface area contributed by atoms with Crippen LogP contribution in [0.4, 0.5) is 10.1 Å². The number of halogens is 1. The molecule has 0 fully saturated rings. The van der Waals surface area contributed by atoms with Gasteiger partial charge in [0.15, 0.2) is 0 Å². The van der Waals surface area contributed by atoms with Gasteiger partial charge in [0.1, 0.15) is 5.82 Å². The second-order valence-corrected chi connectivity index (χ2v) is 4.86. The van der Waals surface area contributed by atoms with Gasteiger partial charge in [-0.15, -0.1) is 0 Å². The lowest BCUT2D eigenvalue weighted by molar-refractivity contribution is -0.119. The van der Waals surface area contributed by atoms with Crippen molar-refractivity contribution in [2.45, 2.75) is 13.3 Å². The Morgan fingerprint density at radius 1 is 1.10 bits per heavy atom. The number of benzene rings is 2. The Hall–Kier alpha value is -2.36. The average Bonchev–Trinajstić information content (AvgIpc) is 2.48. The van der Waals surface area contributed by atoms with Crippen molar-refractivity contribution in [1.82, 2.24) is 5.32 Å². The quantitative estimate of drug-likeness (QED) is 0.857. The minimum Gasteiger partial charge on any atom is -0.374 e. The number of hydrogen-bond acceptors (Lipinski definition) is 2. The lowest BCUT2D eigenvalue weighted by atomic mass is 10.1. The highest BCUT2D eigenvalue weighted by atomic mass is 19.1. The summed E-state index contributed by atoms with van der Waals surface area (Å²) in [7, 11) is 0. The summed E-state index contributed by atoms with van der Waals surface area (Å²) in [4.78, 5) is 11.7. The molecular formula is C17H19FN2O. The molecule has 2 N–H and O–H groups in total. The Balaban J connectivity index is 1.73. The molecule has 2 aromatic carbocycles. The van der Waals surface area contributed by atoms with Crippen molar-refractivity contribution in [3.63, 3.8) is 0 Å². The van der Waals surface area contributed by atoms with Crippen LogP contribution in [0.15, 0.2) is 48.5 Å². The number of carbonyl (C=O) groups excluding carboxylic acids is 1. The number of nitrogens with one attached hydrogen (secondary N) is 2. The molecule has 0 saturated carbocycles. The molecule has 0 aliphatic heterocycles. The number of para-hydroxylation sites is 1. The van der Waals surface area contributed by atoms with Gasteiger partial charge in [-0.05, 0) is 36.6 Å². The monoisotopic (exact) mass is 286 g/mol. The average molecular weight is 286 g/mol. The van der Waals surface area contributed by atoms with Crippen LogP contribution in [0.25, 0.3) is 0 Å². The first-order valence-electron chi connectivity index (χ1n) is 6.96. The second-order valence-electron chi connectivity index (χ2n) is 4.86. The first-order valence-corrected chi connectivity index (χ1v) is 6.96. The van der Waals surface area contributed by atoms with Crippen molar-refractivity contribution < 1.29 is 9.18 Å². The van der Waals surface area contributed by atoms with Gasteiger partial charge >= 0.3 is 0 Å². The van der Waals surface area contributed by atoms with Crippen molar-refractivity contribution in [3.8, 4) is 0 Å². The van der Waals surface area contributed by atoms with Crippen LogP contribution in [0.1, 0.15) is 11.1 Å². The number of amides is 1. The van der Waals surface area contributed by atoms with E-state index in [1.165, 1.54) is 17.2 Å². The molecule has 0 aliphatic carbocycles. The second kappa shape index (κ2) is 7.43. The predicted octanol–water partition coefficient (Wildman–Crippen LogP) is 2.90. The minimum atomic E-state index is -0.356. The van der Waals surface area contributed by atoms with Crippen LogP contribution >= 0.6 is 0 Å². The Bertz CT molecular complexity index is 613. The van der Waals surface area contributed by atoms with Crippen LogP contribution in [-0.4, -0.2) is 19.0 Å². The molecule has 4 heteroatoms. The largest absolute Gasteiger partial charge is 0.374 e. The molecule has 0 saturated heterocycles. The van der Waals surface area contributed by atoms with Gasteiger partial charge < -0.3 is 10.6 Å². The molecule has 0 bridgehead atoms. The number of carbonyl (C=O) groups is 1. The molecular weight excluding hydrogens is 267 g/mol. The van der Waals surface area contributed by atoms with E-state index >= 15 is 0 Å². The van der Waals surface area contributed by atoms with Gasteiger partial charge in [-0.1, -0.05) is 36.4 Å². The molecule has 0 unspecified atom stereocenters. The van der Waals surface area contributed by atoms with Gasteiger partial charge in [-0.3, -0.25) is 4.79 Å².